The first kappa shape index (κ1) is 67.5. The SMILES string of the molecule is CCCC/C=C/CC/C=C/CC/C=C/C(O)C(COP(=O)([O-])OCC[N+](C)(C)C)NC(=O)CCCCCCCCCCCCCCCCCCCCCCCCC/C=C\CCCCCCCCCC. The summed E-state index contributed by atoms with van der Waals surface area (Å²) in [6.07, 6.45) is 68.0. The van der Waals surface area contributed by atoms with Crippen LogP contribution in [0.25, 0.3) is 0 Å². The minimum Gasteiger partial charge on any atom is -0.756 e. The highest BCUT2D eigenvalue weighted by Crippen LogP contribution is 2.38. The van der Waals surface area contributed by atoms with Gasteiger partial charge in [0.2, 0.25) is 5.91 Å². The van der Waals surface area contributed by atoms with Crippen molar-refractivity contribution in [3.8, 4) is 0 Å². The largest absolute Gasteiger partial charge is 0.756 e. The van der Waals surface area contributed by atoms with Crippen molar-refractivity contribution >= 4 is 13.7 Å². The molecular weight excluding hydrogens is 876 g/mol. The van der Waals surface area contributed by atoms with Crippen LogP contribution in [-0.4, -0.2) is 68.5 Å². The molecule has 2 N–H and O–H groups in total. The Kier molecular flexibility index (Phi) is 50.2. The predicted octanol–water partition coefficient (Wildman–Crippen LogP) is 17.3. The van der Waals surface area contributed by atoms with Crippen molar-refractivity contribution in [3.63, 3.8) is 0 Å². The van der Waals surface area contributed by atoms with E-state index in [0.29, 0.717) is 17.4 Å². The number of amides is 1. The molecule has 0 aromatic heterocycles. The minimum atomic E-state index is -4.60. The molecule has 0 aliphatic carbocycles. The van der Waals surface area contributed by atoms with Gasteiger partial charge in [-0.25, -0.2) is 0 Å². The molecule has 69 heavy (non-hydrogen) atoms. The Balaban J connectivity index is 3.94. The molecule has 0 heterocycles. The first-order valence-electron chi connectivity index (χ1n) is 29.5. The molecule has 0 radical (unpaired) electrons. The second-order valence-corrected chi connectivity index (χ2v) is 22.7. The van der Waals surface area contributed by atoms with Gasteiger partial charge in [0, 0.05) is 6.42 Å². The van der Waals surface area contributed by atoms with E-state index in [4.69, 9.17) is 9.05 Å². The fourth-order valence-electron chi connectivity index (χ4n) is 8.58. The number of rotatable bonds is 54. The van der Waals surface area contributed by atoms with E-state index in [-0.39, 0.29) is 12.5 Å². The lowest BCUT2D eigenvalue weighted by Gasteiger charge is -2.29. The third kappa shape index (κ3) is 54.1. The molecule has 3 unspecified atom stereocenters. The lowest BCUT2D eigenvalue weighted by atomic mass is 10.0. The van der Waals surface area contributed by atoms with Gasteiger partial charge in [0.25, 0.3) is 7.82 Å². The number of phosphoric acid groups is 1. The summed E-state index contributed by atoms with van der Waals surface area (Å²) in [6, 6.07) is -0.908. The summed E-state index contributed by atoms with van der Waals surface area (Å²) in [5.41, 5.74) is 0. The molecule has 0 saturated carbocycles. The van der Waals surface area contributed by atoms with Crippen molar-refractivity contribution in [2.45, 2.75) is 289 Å². The van der Waals surface area contributed by atoms with Crippen LogP contribution in [0.4, 0.5) is 0 Å². The monoisotopic (exact) mass is 991 g/mol. The molecule has 0 spiro atoms. The van der Waals surface area contributed by atoms with Gasteiger partial charge in [0.1, 0.15) is 13.2 Å². The number of aliphatic hydroxyl groups is 1. The van der Waals surface area contributed by atoms with Gasteiger partial charge in [0.05, 0.1) is 39.9 Å². The maximum atomic E-state index is 12.9. The van der Waals surface area contributed by atoms with Crippen molar-refractivity contribution < 1.29 is 32.9 Å². The first-order valence-corrected chi connectivity index (χ1v) is 31.0. The van der Waals surface area contributed by atoms with Crippen LogP contribution in [0.1, 0.15) is 277 Å². The van der Waals surface area contributed by atoms with E-state index in [1.807, 2.05) is 27.2 Å². The number of nitrogens with one attached hydrogen (secondary N) is 1. The summed E-state index contributed by atoms with van der Waals surface area (Å²) in [4.78, 5) is 25.4. The van der Waals surface area contributed by atoms with Crippen LogP contribution in [-0.2, 0) is 18.4 Å². The molecule has 0 fully saturated rings. The summed E-state index contributed by atoms with van der Waals surface area (Å²) < 4.78 is 23.2. The second-order valence-electron chi connectivity index (χ2n) is 21.3. The zero-order valence-corrected chi connectivity index (χ0v) is 47.2. The normalized spacial score (nSPS) is 14.2. The molecule has 0 saturated heterocycles. The summed E-state index contributed by atoms with van der Waals surface area (Å²) in [6.45, 7) is 4.58. The second kappa shape index (κ2) is 51.4. The van der Waals surface area contributed by atoms with Gasteiger partial charge in [-0.15, -0.1) is 0 Å². The van der Waals surface area contributed by atoms with E-state index in [9.17, 15) is 19.4 Å². The van der Waals surface area contributed by atoms with E-state index in [0.717, 1.165) is 51.4 Å². The molecule has 1 amide bonds. The predicted molar refractivity (Wildman–Crippen MR) is 298 cm³/mol. The van der Waals surface area contributed by atoms with Crippen LogP contribution in [0.15, 0.2) is 48.6 Å². The van der Waals surface area contributed by atoms with E-state index < -0.39 is 26.6 Å². The van der Waals surface area contributed by atoms with E-state index in [1.165, 1.54) is 205 Å². The number of aliphatic hydroxyl groups excluding tert-OH is 1. The molecule has 0 rings (SSSR count). The number of quaternary nitrogens is 1. The Morgan fingerprint density at radius 1 is 0.493 bits per heavy atom. The molecule has 0 aromatic carbocycles. The Bertz CT molecular complexity index is 1260. The summed E-state index contributed by atoms with van der Waals surface area (Å²) >= 11 is 0. The Hall–Kier alpha value is -1.54. The van der Waals surface area contributed by atoms with Gasteiger partial charge in [-0.1, -0.05) is 255 Å². The topological polar surface area (TPSA) is 108 Å². The first-order chi connectivity index (χ1) is 33.5. The van der Waals surface area contributed by atoms with Crippen molar-refractivity contribution in [1.82, 2.24) is 5.32 Å². The average Bonchev–Trinajstić information content (AvgIpc) is 3.31. The van der Waals surface area contributed by atoms with Gasteiger partial charge < -0.3 is 28.8 Å². The molecule has 406 valence electrons. The number of unbranched alkanes of at least 4 members (excludes halogenated alkanes) is 35. The highest BCUT2D eigenvalue weighted by Gasteiger charge is 2.23. The molecule has 8 nitrogen and oxygen atoms in total. The van der Waals surface area contributed by atoms with Crippen molar-refractivity contribution in [2.75, 3.05) is 40.9 Å². The number of likely N-dealkylation sites (N-methyl/N-ethyl adjacent to an activating group) is 1. The van der Waals surface area contributed by atoms with Crippen LogP contribution in [0, 0.1) is 0 Å². The summed E-state index contributed by atoms with van der Waals surface area (Å²) in [5, 5.41) is 13.8. The molecule has 0 bridgehead atoms. The number of nitrogens with zero attached hydrogens (tertiary/aromatic N) is 1. The van der Waals surface area contributed by atoms with Crippen molar-refractivity contribution in [3.05, 3.63) is 48.6 Å². The van der Waals surface area contributed by atoms with Gasteiger partial charge in [-0.2, -0.15) is 0 Å². The molecule has 0 aliphatic rings. The van der Waals surface area contributed by atoms with Gasteiger partial charge in [-0.05, 0) is 64.2 Å². The van der Waals surface area contributed by atoms with E-state index in [2.05, 4.69) is 55.6 Å². The fraction of sp³-hybridized carbons (Fsp3) is 0.850. The number of carbonyl (C=O) groups excluding carboxylic acids is 1. The van der Waals surface area contributed by atoms with Crippen LogP contribution < -0.4 is 10.2 Å². The van der Waals surface area contributed by atoms with Crippen molar-refractivity contribution in [2.24, 2.45) is 0 Å². The van der Waals surface area contributed by atoms with Gasteiger partial charge in [0.15, 0.2) is 0 Å². The van der Waals surface area contributed by atoms with Crippen LogP contribution >= 0.6 is 7.82 Å². The van der Waals surface area contributed by atoms with Crippen LogP contribution in [0.5, 0.6) is 0 Å². The minimum absolute atomic E-state index is 0.00861. The third-order valence-electron chi connectivity index (χ3n) is 13.2. The number of phosphoric ester groups is 1. The van der Waals surface area contributed by atoms with Crippen molar-refractivity contribution in [1.29, 1.82) is 0 Å². The Morgan fingerprint density at radius 3 is 1.22 bits per heavy atom. The van der Waals surface area contributed by atoms with Crippen LogP contribution in [0.2, 0.25) is 0 Å². The highest BCUT2D eigenvalue weighted by molar-refractivity contribution is 7.45. The number of hydrogen-bond acceptors (Lipinski definition) is 6. The zero-order chi connectivity index (χ0) is 50.6. The molecule has 3 atom stereocenters. The zero-order valence-electron chi connectivity index (χ0n) is 46.3. The maximum Gasteiger partial charge on any atom is 0.268 e. The number of hydrogen-bond donors (Lipinski definition) is 2. The molecular formula is C60H115N2O6P. The maximum absolute atomic E-state index is 12.9. The van der Waals surface area contributed by atoms with E-state index in [1.54, 1.807) is 6.08 Å². The number of carbonyl (C=O) groups is 1. The Morgan fingerprint density at radius 2 is 0.826 bits per heavy atom. The quantitative estimate of drug-likeness (QED) is 0.0272. The molecule has 0 aromatic rings. The molecule has 9 heteroatoms. The lowest BCUT2D eigenvalue weighted by Crippen LogP contribution is -2.45. The highest BCUT2D eigenvalue weighted by atomic mass is 31.2. The van der Waals surface area contributed by atoms with Gasteiger partial charge >= 0.3 is 0 Å². The standard InChI is InChI=1S/C60H115N2O6P/c1-6-8-10-12-14-16-18-20-21-22-23-24-25-26-27-28-29-30-31-32-33-34-35-36-37-38-39-40-41-42-44-46-48-50-52-54-60(64)61-58(57-68-69(65,66)67-56-55-62(3,4)5)59(63)53-51-49-47-45-43-19-17-15-13-11-9-7-2/h13,15,22-23,43,45,51,53,58-59,63H,6-12,14,16-21,24-42,44,46-50,52,54-57H2,1-5H3,(H-,61,64,65,66)/b15-13+,23-22-,45-43+,53-51+. The smallest absolute Gasteiger partial charge is 0.268 e. The van der Waals surface area contributed by atoms with Crippen LogP contribution in [0.3, 0.4) is 0 Å². The van der Waals surface area contributed by atoms with E-state index >= 15 is 0 Å². The number of allylic oxidation sites excluding steroid dienone is 7. The summed E-state index contributed by atoms with van der Waals surface area (Å²) in [7, 11) is 1.24. The molecule has 0 aliphatic heterocycles. The third-order valence-corrected chi connectivity index (χ3v) is 14.2. The summed E-state index contributed by atoms with van der Waals surface area (Å²) in [5.74, 6) is -0.209. The van der Waals surface area contributed by atoms with Gasteiger partial charge in [-0.3, -0.25) is 9.36 Å². The average molecular weight is 992 g/mol. The fourth-order valence-corrected chi connectivity index (χ4v) is 9.30. The lowest BCUT2D eigenvalue weighted by molar-refractivity contribution is -0.870. The Labute approximate surface area is 429 Å².